The molecule has 3 rings (SSSR count). The molecular weight excluding hydrogens is 456 g/mol. The third kappa shape index (κ3) is 5.43. The first kappa shape index (κ1) is 24.9. The molecule has 0 aliphatic heterocycles. The Morgan fingerprint density at radius 1 is 0.853 bits per heavy atom. The van der Waals surface area contributed by atoms with Crippen molar-refractivity contribution in [2.24, 2.45) is 0 Å². The van der Waals surface area contributed by atoms with Crippen LogP contribution in [0.5, 0.6) is 17.2 Å². The van der Waals surface area contributed by atoms with Crippen molar-refractivity contribution in [1.29, 1.82) is 0 Å². The number of ether oxygens (including phenoxy) is 3. The Hall–Kier alpha value is -3.72. The van der Waals surface area contributed by atoms with Gasteiger partial charge in [0, 0.05) is 23.0 Å². The number of carbonyl (C=O) groups is 1. The van der Waals surface area contributed by atoms with Crippen molar-refractivity contribution in [3.05, 3.63) is 71.3 Å². The van der Waals surface area contributed by atoms with Crippen molar-refractivity contribution in [2.75, 3.05) is 31.4 Å². The highest BCUT2D eigenvalue weighted by atomic mass is 32.2. The SMILES string of the molecule is CCc1ccc(NS(=O)(=O)c2cc(C(=O)Nc3cc(OC)c(OC)cc3C)ccc2OC)cc1. The lowest BCUT2D eigenvalue weighted by Crippen LogP contribution is -2.17. The summed E-state index contributed by atoms with van der Waals surface area (Å²) in [6.07, 6.45) is 0.845. The lowest BCUT2D eigenvalue weighted by Gasteiger charge is -2.15. The molecule has 180 valence electrons. The summed E-state index contributed by atoms with van der Waals surface area (Å²) in [6, 6.07) is 14.7. The molecule has 0 atom stereocenters. The molecule has 0 saturated carbocycles. The molecule has 9 heteroatoms. The third-order valence-electron chi connectivity index (χ3n) is 5.31. The fourth-order valence-corrected chi connectivity index (χ4v) is 4.61. The Bertz CT molecular complexity index is 1290. The third-order valence-corrected chi connectivity index (χ3v) is 6.71. The van der Waals surface area contributed by atoms with E-state index in [1.54, 1.807) is 24.3 Å². The second-order valence-electron chi connectivity index (χ2n) is 7.50. The molecule has 3 aromatic carbocycles. The predicted molar refractivity (Wildman–Crippen MR) is 132 cm³/mol. The molecule has 3 aromatic rings. The maximum atomic E-state index is 13.1. The summed E-state index contributed by atoms with van der Waals surface area (Å²) in [4.78, 5) is 12.8. The maximum absolute atomic E-state index is 13.1. The van der Waals surface area contributed by atoms with Gasteiger partial charge in [0.25, 0.3) is 15.9 Å². The average molecular weight is 485 g/mol. The summed E-state index contributed by atoms with van der Waals surface area (Å²) in [7, 11) is 0.379. The van der Waals surface area contributed by atoms with Crippen LogP contribution < -0.4 is 24.2 Å². The highest BCUT2D eigenvalue weighted by Gasteiger charge is 2.22. The van der Waals surface area contributed by atoms with E-state index in [0.717, 1.165) is 17.5 Å². The maximum Gasteiger partial charge on any atom is 0.265 e. The topological polar surface area (TPSA) is 103 Å². The molecule has 34 heavy (non-hydrogen) atoms. The molecule has 0 aliphatic carbocycles. The van der Waals surface area contributed by atoms with E-state index < -0.39 is 15.9 Å². The highest BCUT2D eigenvalue weighted by Crippen LogP contribution is 2.33. The highest BCUT2D eigenvalue weighted by molar-refractivity contribution is 7.92. The van der Waals surface area contributed by atoms with Gasteiger partial charge in [-0.15, -0.1) is 0 Å². The molecule has 0 bridgehead atoms. The molecule has 0 heterocycles. The van der Waals surface area contributed by atoms with Crippen molar-refractivity contribution in [3.63, 3.8) is 0 Å². The van der Waals surface area contributed by atoms with E-state index >= 15 is 0 Å². The van der Waals surface area contributed by atoms with Gasteiger partial charge in [-0.3, -0.25) is 9.52 Å². The Balaban J connectivity index is 1.92. The van der Waals surface area contributed by atoms with Gasteiger partial charge in [0.1, 0.15) is 10.6 Å². The minimum atomic E-state index is -4.02. The number of hydrogen-bond acceptors (Lipinski definition) is 6. The summed E-state index contributed by atoms with van der Waals surface area (Å²) in [6.45, 7) is 3.83. The Kier molecular flexibility index (Phi) is 7.68. The fourth-order valence-electron chi connectivity index (χ4n) is 3.36. The second-order valence-corrected chi connectivity index (χ2v) is 9.15. The van der Waals surface area contributed by atoms with Gasteiger partial charge in [-0.2, -0.15) is 0 Å². The van der Waals surface area contributed by atoms with Crippen LogP contribution >= 0.6 is 0 Å². The molecule has 8 nitrogen and oxygen atoms in total. The number of rotatable bonds is 9. The Labute approximate surface area is 199 Å². The van der Waals surface area contributed by atoms with E-state index in [2.05, 4.69) is 10.0 Å². The first-order chi connectivity index (χ1) is 16.2. The van der Waals surface area contributed by atoms with Gasteiger partial charge in [0.15, 0.2) is 11.5 Å². The van der Waals surface area contributed by atoms with Crippen molar-refractivity contribution in [2.45, 2.75) is 25.2 Å². The first-order valence-electron chi connectivity index (χ1n) is 10.6. The molecule has 0 radical (unpaired) electrons. The van der Waals surface area contributed by atoms with E-state index in [1.165, 1.54) is 39.5 Å². The van der Waals surface area contributed by atoms with Gasteiger partial charge in [0.2, 0.25) is 0 Å². The van der Waals surface area contributed by atoms with Crippen LogP contribution in [0, 0.1) is 6.92 Å². The van der Waals surface area contributed by atoms with E-state index in [0.29, 0.717) is 22.9 Å². The fraction of sp³-hybridized carbons (Fsp3) is 0.240. The minimum absolute atomic E-state index is 0.122. The molecule has 0 aliphatic rings. The normalized spacial score (nSPS) is 11.0. The number of anilines is 2. The summed E-state index contributed by atoms with van der Waals surface area (Å²) in [5, 5.41) is 2.80. The summed E-state index contributed by atoms with van der Waals surface area (Å²) < 4.78 is 44.6. The summed E-state index contributed by atoms with van der Waals surface area (Å²) in [5.74, 6) is 0.631. The van der Waals surface area contributed by atoms with Crippen molar-refractivity contribution in [3.8, 4) is 17.2 Å². The Morgan fingerprint density at radius 3 is 2.06 bits per heavy atom. The van der Waals surface area contributed by atoms with E-state index in [9.17, 15) is 13.2 Å². The zero-order valence-corrected chi connectivity index (χ0v) is 20.6. The number of carbonyl (C=O) groups excluding carboxylic acids is 1. The van der Waals surface area contributed by atoms with Crippen molar-refractivity contribution in [1.82, 2.24) is 0 Å². The van der Waals surface area contributed by atoms with Crippen LogP contribution in [0.1, 0.15) is 28.4 Å². The molecule has 0 fully saturated rings. The van der Waals surface area contributed by atoms with Crippen LogP contribution in [0.25, 0.3) is 0 Å². The van der Waals surface area contributed by atoms with Gasteiger partial charge in [-0.25, -0.2) is 8.42 Å². The number of hydrogen-bond donors (Lipinski definition) is 2. The number of aryl methyl sites for hydroxylation is 2. The van der Waals surface area contributed by atoms with Crippen LogP contribution in [0.3, 0.4) is 0 Å². The smallest absolute Gasteiger partial charge is 0.265 e. The number of amides is 1. The molecule has 0 saturated heterocycles. The molecule has 2 N–H and O–H groups in total. The quantitative estimate of drug-likeness (QED) is 0.459. The summed E-state index contributed by atoms with van der Waals surface area (Å²) >= 11 is 0. The summed E-state index contributed by atoms with van der Waals surface area (Å²) in [5.41, 5.74) is 2.91. The number of sulfonamides is 1. The van der Waals surface area contributed by atoms with Crippen LogP contribution in [0.4, 0.5) is 11.4 Å². The zero-order valence-electron chi connectivity index (χ0n) is 19.8. The van der Waals surface area contributed by atoms with Crippen LogP contribution in [-0.4, -0.2) is 35.7 Å². The van der Waals surface area contributed by atoms with Crippen LogP contribution in [-0.2, 0) is 16.4 Å². The Morgan fingerprint density at radius 2 is 1.47 bits per heavy atom. The largest absolute Gasteiger partial charge is 0.495 e. The molecule has 0 spiro atoms. The van der Waals surface area contributed by atoms with Crippen molar-refractivity contribution >= 4 is 27.3 Å². The van der Waals surface area contributed by atoms with Crippen LogP contribution in [0.15, 0.2) is 59.5 Å². The molecular formula is C25H28N2O6S. The van der Waals surface area contributed by atoms with E-state index in [-0.39, 0.29) is 16.2 Å². The minimum Gasteiger partial charge on any atom is -0.495 e. The van der Waals surface area contributed by atoms with Gasteiger partial charge < -0.3 is 19.5 Å². The van der Waals surface area contributed by atoms with Crippen molar-refractivity contribution < 1.29 is 27.4 Å². The second kappa shape index (κ2) is 10.5. The predicted octanol–water partition coefficient (Wildman–Crippen LogP) is 4.64. The molecule has 0 aromatic heterocycles. The monoisotopic (exact) mass is 484 g/mol. The molecule has 1 amide bonds. The lowest BCUT2D eigenvalue weighted by atomic mass is 10.1. The molecule has 0 unspecified atom stereocenters. The van der Waals surface area contributed by atoms with Gasteiger partial charge in [-0.1, -0.05) is 19.1 Å². The van der Waals surface area contributed by atoms with Gasteiger partial charge in [-0.05, 0) is 60.9 Å². The number of nitrogens with one attached hydrogen (secondary N) is 2. The van der Waals surface area contributed by atoms with Gasteiger partial charge >= 0.3 is 0 Å². The number of benzene rings is 3. The lowest BCUT2D eigenvalue weighted by molar-refractivity contribution is 0.102. The van der Waals surface area contributed by atoms with E-state index in [4.69, 9.17) is 14.2 Å². The van der Waals surface area contributed by atoms with Crippen LogP contribution in [0.2, 0.25) is 0 Å². The average Bonchev–Trinajstić information content (AvgIpc) is 2.84. The standard InChI is InChI=1S/C25H28N2O6S/c1-6-17-7-10-19(11-8-17)27-34(29,30)24-14-18(9-12-21(24)31-3)25(28)26-20-15-23(33-5)22(32-4)13-16(20)2/h7-15,27H,6H2,1-5H3,(H,26,28). The number of methoxy groups -OCH3 is 3. The first-order valence-corrected chi connectivity index (χ1v) is 12.0. The van der Waals surface area contributed by atoms with E-state index in [1.807, 2.05) is 26.0 Å². The van der Waals surface area contributed by atoms with Gasteiger partial charge in [0.05, 0.1) is 21.3 Å². The zero-order chi connectivity index (χ0) is 24.9.